The number of nitrogens with one attached hydrogen (secondary N) is 2. The molecule has 0 saturated heterocycles. The van der Waals surface area contributed by atoms with Crippen molar-refractivity contribution in [3.05, 3.63) is 64.1 Å². The lowest BCUT2D eigenvalue weighted by Gasteiger charge is -2.08. The van der Waals surface area contributed by atoms with Gasteiger partial charge in [0.05, 0.1) is 16.6 Å². The van der Waals surface area contributed by atoms with E-state index in [1.807, 2.05) is 18.4 Å². The molecule has 2 heterocycles. The third-order valence-corrected chi connectivity index (χ3v) is 4.47. The molecule has 0 saturated carbocycles. The summed E-state index contributed by atoms with van der Waals surface area (Å²) in [5.74, 6) is -0.404. The predicted octanol–water partition coefficient (Wildman–Crippen LogP) is 3.29. The molecule has 2 N–H and O–H groups in total. The Bertz CT molecular complexity index is 884. The number of carbonyl (C=O) groups excluding carboxylic acids is 2. The summed E-state index contributed by atoms with van der Waals surface area (Å²) in [5, 5.41) is 11.6. The van der Waals surface area contributed by atoms with E-state index < -0.39 is 0 Å². The lowest BCUT2D eigenvalue weighted by atomic mass is 10.2. The van der Waals surface area contributed by atoms with Crippen LogP contribution in [0, 0.1) is 6.92 Å². The number of carbonyl (C=O) groups is 2. The quantitative estimate of drug-likeness (QED) is 0.765. The first-order valence-electron chi connectivity index (χ1n) is 7.29. The minimum atomic E-state index is -0.234. The molecule has 0 aliphatic heterocycles. The van der Waals surface area contributed by atoms with Crippen molar-refractivity contribution in [3.8, 4) is 0 Å². The lowest BCUT2D eigenvalue weighted by molar-refractivity contribution is 0.102. The van der Waals surface area contributed by atoms with Crippen LogP contribution in [0.4, 0.5) is 11.4 Å². The molecule has 0 fully saturated rings. The maximum Gasteiger partial charge on any atom is 0.265 e. The summed E-state index contributed by atoms with van der Waals surface area (Å²) in [7, 11) is 1.78. The highest BCUT2D eigenvalue weighted by molar-refractivity contribution is 7.12. The minimum absolute atomic E-state index is 0.170. The molecule has 0 unspecified atom stereocenters. The number of hydrogen-bond donors (Lipinski definition) is 2. The first kappa shape index (κ1) is 15.9. The molecule has 0 aliphatic carbocycles. The average Bonchev–Trinajstić information content (AvgIpc) is 3.19. The predicted molar refractivity (Wildman–Crippen MR) is 94.6 cm³/mol. The van der Waals surface area contributed by atoms with E-state index >= 15 is 0 Å². The molecule has 2 amide bonds. The summed E-state index contributed by atoms with van der Waals surface area (Å²) in [6, 6.07) is 10.6. The molecular weight excluding hydrogens is 324 g/mol. The number of aryl methyl sites for hydroxylation is 1. The van der Waals surface area contributed by atoms with Gasteiger partial charge in [-0.15, -0.1) is 11.3 Å². The maximum atomic E-state index is 12.3. The van der Waals surface area contributed by atoms with Crippen molar-refractivity contribution in [2.24, 2.45) is 7.05 Å². The number of rotatable bonds is 4. The van der Waals surface area contributed by atoms with Gasteiger partial charge in [0.15, 0.2) is 0 Å². The van der Waals surface area contributed by atoms with Crippen LogP contribution < -0.4 is 10.6 Å². The van der Waals surface area contributed by atoms with Crippen LogP contribution in [-0.4, -0.2) is 21.6 Å². The molecule has 24 heavy (non-hydrogen) atoms. The van der Waals surface area contributed by atoms with Gasteiger partial charge in [0.25, 0.3) is 11.8 Å². The maximum absolute atomic E-state index is 12.3. The van der Waals surface area contributed by atoms with Crippen LogP contribution in [0.15, 0.2) is 48.0 Å². The smallest absolute Gasteiger partial charge is 0.265 e. The summed E-state index contributed by atoms with van der Waals surface area (Å²) in [4.78, 5) is 25.0. The van der Waals surface area contributed by atoms with Crippen molar-refractivity contribution in [2.45, 2.75) is 6.92 Å². The molecule has 122 valence electrons. The standard InChI is InChI=1S/C17H16N4O2S/c1-11-14(10-18-21(11)2)16(22)19-12-5-3-6-13(9-12)20-17(23)15-7-4-8-24-15/h3-10H,1-2H3,(H,19,22)(H,20,23). The summed E-state index contributed by atoms with van der Waals surface area (Å²) in [6.07, 6.45) is 1.53. The van der Waals surface area contributed by atoms with Crippen LogP contribution in [-0.2, 0) is 7.05 Å². The van der Waals surface area contributed by atoms with Crippen LogP contribution in [0.1, 0.15) is 25.7 Å². The van der Waals surface area contributed by atoms with Gasteiger partial charge < -0.3 is 10.6 Å². The molecular formula is C17H16N4O2S. The van der Waals surface area contributed by atoms with E-state index in [-0.39, 0.29) is 11.8 Å². The van der Waals surface area contributed by atoms with Gasteiger partial charge in [-0.1, -0.05) is 12.1 Å². The Balaban J connectivity index is 1.72. The number of benzene rings is 1. The monoisotopic (exact) mass is 340 g/mol. The number of amides is 2. The second kappa shape index (κ2) is 6.67. The van der Waals surface area contributed by atoms with Crippen molar-refractivity contribution in [2.75, 3.05) is 10.6 Å². The first-order chi connectivity index (χ1) is 11.5. The van der Waals surface area contributed by atoms with Crippen LogP contribution in [0.25, 0.3) is 0 Å². The fourth-order valence-corrected chi connectivity index (χ4v) is 2.81. The van der Waals surface area contributed by atoms with Crippen molar-refractivity contribution < 1.29 is 9.59 Å². The Morgan fingerprint density at radius 1 is 1.08 bits per heavy atom. The second-order valence-corrected chi connectivity index (χ2v) is 6.18. The zero-order valence-electron chi connectivity index (χ0n) is 13.2. The Hall–Kier alpha value is -2.93. The molecule has 0 radical (unpaired) electrons. The third kappa shape index (κ3) is 3.36. The molecule has 0 bridgehead atoms. The molecule has 0 spiro atoms. The summed E-state index contributed by atoms with van der Waals surface area (Å²) < 4.78 is 1.65. The number of aromatic nitrogens is 2. The van der Waals surface area contributed by atoms with Gasteiger partial charge in [0, 0.05) is 24.1 Å². The van der Waals surface area contributed by atoms with Crippen molar-refractivity contribution in [1.82, 2.24) is 9.78 Å². The van der Waals surface area contributed by atoms with Gasteiger partial charge in [-0.05, 0) is 36.6 Å². The van der Waals surface area contributed by atoms with Gasteiger partial charge in [0.2, 0.25) is 0 Å². The Kier molecular flexibility index (Phi) is 4.43. The van der Waals surface area contributed by atoms with E-state index in [0.29, 0.717) is 21.8 Å². The van der Waals surface area contributed by atoms with Gasteiger partial charge in [-0.2, -0.15) is 5.10 Å². The molecule has 3 aromatic rings. The number of anilines is 2. The fourth-order valence-electron chi connectivity index (χ4n) is 2.20. The topological polar surface area (TPSA) is 76.0 Å². The Morgan fingerprint density at radius 3 is 2.38 bits per heavy atom. The molecule has 2 aromatic heterocycles. The molecule has 0 atom stereocenters. The molecule has 1 aromatic carbocycles. The number of thiophene rings is 1. The Morgan fingerprint density at radius 2 is 1.79 bits per heavy atom. The number of hydrogen-bond acceptors (Lipinski definition) is 4. The zero-order chi connectivity index (χ0) is 17.1. The van der Waals surface area contributed by atoms with Gasteiger partial charge in [-0.3, -0.25) is 14.3 Å². The summed E-state index contributed by atoms with van der Waals surface area (Å²) in [6.45, 7) is 1.83. The van der Waals surface area contributed by atoms with Gasteiger partial charge >= 0.3 is 0 Å². The van der Waals surface area contributed by atoms with Gasteiger partial charge in [0.1, 0.15) is 0 Å². The Labute approximate surface area is 143 Å². The molecule has 6 nitrogen and oxygen atoms in total. The van der Waals surface area contributed by atoms with E-state index in [1.165, 1.54) is 17.5 Å². The van der Waals surface area contributed by atoms with E-state index in [4.69, 9.17) is 0 Å². The van der Waals surface area contributed by atoms with Crippen LogP contribution in [0.3, 0.4) is 0 Å². The van der Waals surface area contributed by atoms with Gasteiger partial charge in [-0.25, -0.2) is 0 Å². The largest absolute Gasteiger partial charge is 0.322 e. The SMILES string of the molecule is Cc1c(C(=O)Nc2cccc(NC(=O)c3cccs3)c2)cnn1C. The third-order valence-electron chi connectivity index (χ3n) is 3.60. The van der Waals surface area contributed by atoms with Crippen LogP contribution in [0.2, 0.25) is 0 Å². The second-order valence-electron chi connectivity index (χ2n) is 5.23. The fraction of sp³-hybridized carbons (Fsp3) is 0.118. The summed E-state index contributed by atoms with van der Waals surface area (Å²) in [5.41, 5.74) is 2.53. The average molecular weight is 340 g/mol. The van der Waals surface area contributed by atoms with Crippen molar-refractivity contribution in [3.63, 3.8) is 0 Å². The highest BCUT2D eigenvalue weighted by atomic mass is 32.1. The molecule has 0 aliphatic rings. The normalized spacial score (nSPS) is 10.4. The highest BCUT2D eigenvalue weighted by Gasteiger charge is 2.13. The first-order valence-corrected chi connectivity index (χ1v) is 8.17. The van der Waals surface area contributed by atoms with E-state index in [1.54, 1.807) is 42.1 Å². The van der Waals surface area contributed by atoms with Crippen molar-refractivity contribution >= 4 is 34.5 Å². The van der Waals surface area contributed by atoms with Crippen molar-refractivity contribution in [1.29, 1.82) is 0 Å². The van der Waals surface area contributed by atoms with E-state index in [2.05, 4.69) is 15.7 Å². The van der Waals surface area contributed by atoms with Crippen LogP contribution in [0.5, 0.6) is 0 Å². The van der Waals surface area contributed by atoms with E-state index in [9.17, 15) is 9.59 Å². The molecule has 3 rings (SSSR count). The minimum Gasteiger partial charge on any atom is -0.322 e. The molecule has 7 heteroatoms. The highest BCUT2D eigenvalue weighted by Crippen LogP contribution is 2.18. The summed E-state index contributed by atoms with van der Waals surface area (Å²) >= 11 is 1.38. The van der Waals surface area contributed by atoms with E-state index in [0.717, 1.165) is 5.69 Å². The lowest BCUT2D eigenvalue weighted by Crippen LogP contribution is -2.14. The number of nitrogens with zero attached hydrogens (tertiary/aromatic N) is 2. The van der Waals surface area contributed by atoms with Crippen LogP contribution >= 0.6 is 11.3 Å². The zero-order valence-corrected chi connectivity index (χ0v) is 14.1.